The maximum Gasteiger partial charge on any atom is 0.147 e. The topological polar surface area (TPSA) is 59.1 Å². The number of hydrogen-bond acceptors (Lipinski definition) is 3. The fourth-order valence-corrected chi connectivity index (χ4v) is 1.35. The zero-order valence-corrected chi connectivity index (χ0v) is 9.26. The molecule has 0 fully saturated rings. The highest BCUT2D eigenvalue weighted by Crippen LogP contribution is 2.24. The minimum Gasteiger partial charge on any atom is -0.387 e. The van der Waals surface area contributed by atoms with E-state index in [0.717, 1.165) is 0 Å². The SMILES string of the molecule is CC[C@@H](N)[C@@H](O)c1cnc(Cl)c(Cl)c1. The first kappa shape index (κ1) is 11.7. The van der Waals surface area contributed by atoms with Crippen LogP contribution in [0, 0.1) is 0 Å². The highest BCUT2D eigenvalue weighted by Gasteiger charge is 2.16. The number of nitrogens with zero attached hydrogens (tertiary/aromatic N) is 1. The monoisotopic (exact) mass is 234 g/mol. The summed E-state index contributed by atoms with van der Waals surface area (Å²) in [6, 6.07) is 1.27. The summed E-state index contributed by atoms with van der Waals surface area (Å²) in [5.74, 6) is 0. The van der Waals surface area contributed by atoms with E-state index >= 15 is 0 Å². The molecule has 0 amide bonds. The van der Waals surface area contributed by atoms with Gasteiger partial charge in [-0.3, -0.25) is 0 Å². The van der Waals surface area contributed by atoms with Gasteiger partial charge in [0.2, 0.25) is 0 Å². The van der Waals surface area contributed by atoms with Crippen LogP contribution >= 0.6 is 23.2 Å². The van der Waals surface area contributed by atoms with Gasteiger partial charge in [0.15, 0.2) is 0 Å². The lowest BCUT2D eigenvalue weighted by molar-refractivity contribution is 0.144. The van der Waals surface area contributed by atoms with Crippen molar-refractivity contribution in [3.63, 3.8) is 0 Å². The lowest BCUT2D eigenvalue weighted by atomic mass is 10.0. The van der Waals surface area contributed by atoms with Crippen molar-refractivity contribution in [3.05, 3.63) is 28.0 Å². The van der Waals surface area contributed by atoms with Crippen LogP contribution in [0.3, 0.4) is 0 Å². The molecule has 1 aromatic rings. The summed E-state index contributed by atoms with van der Waals surface area (Å²) in [4.78, 5) is 3.83. The average Bonchev–Trinajstić information content (AvgIpc) is 2.20. The van der Waals surface area contributed by atoms with Gasteiger partial charge in [-0.15, -0.1) is 0 Å². The van der Waals surface area contributed by atoms with Gasteiger partial charge in [0, 0.05) is 17.8 Å². The van der Waals surface area contributed by atoms with E-state index in [1.807, 2.05) is 6.92 Å². The molecule has 3 nitrogen and oxygen atoms in total. The number of pyridine rings is 1. The number of rotatable bonds is 3. The highest BCUT2D eigenvalue weighted by molar-refractivity contribution is 6.41. The van der Waals surface area contributed by atoms with Crippen LogP contribution in [0.1, 0.15) is 25.0 Å². The van der Waals surface area contributed by atoms with E-state index in [9.17, 15) is 5.11 Å². The Balaban J connectivity index is 2.91. The molecule has 0 aliphatic carbocycles. The van der Waals surface area contributed by atoms with Crippen LogP contribution in [0.4, 0.5) is 0 Å². The number of halogens is 2. The summed E-state index contributed by atoms with van der Waals surface area (Å²) in [5.41, 5.74) is 6.27. The van der Waals surface area contributed by atoms with Gasteiger partial charge in [-0.1, -0.05) is 30.1 Å². The number of nitrogens with two attached hydrogens (primary N) is 1. The van der Waals surface area contributed by atoms with Gasteiger partial charge in [-0.2, -0.15) is 0 Å². The lowest BCUT2D eigenvalue weighted by Gasteiger charge is -2.17. The molecular formula is C9H12Cl2N2O. The minimum atomic E-state index is -0.748. The highest BCUT2D eigenvalue weighted by atomic mass is 35.5. The molecule has 0 radical (unpaired) electrons. The van der Waals surface area contributed by atoms with E-state index in [-0.39, 0.29) is 11.2 Å². The Morgan fingerprint density at radius 3 is 2.71 bits per heavy atom. The molecule has 0 bridgehead atoms. The standard InChI is InChI=1S/C9H12Cl2N2O/c1-2-7(12)8(14)5-3-6(10)9(11)13-4-5/h3-4,7-8,14H,2,12H2,1H3/t7-,8+/m1/s1. The first-order valence-corrected chi connectivity index (χ1v) is 5.06. The molecule has 0 saturated carbocycles. The second-order valence-electron chi connectivity index (χ2n) is 3.06. The molecule has 3 N–H and O–H groups in total. The molecule has 78 valence electrons. The molecule has 0 aromatic carbocycles. The van der Waals surface area contributed by atoms with Crippen molar-refractivity contribution < 1.29 is 5.11 Å². The quantitative estimate of drug-likeness (QED) is 0.789. The molecule has 0 spiro atoms. The second kappa shape index (κ2) is 4.94. The fraction of sp³-hybridized carbons (Fsp3) is 0.444. The third-order valence-electron chi connectivity index (χ3n) is 2.04. The Morgan fingerprint density at radius 1 is 1.57 bits per heavy atom. The van der Waals surface area contributed by atoms with Gasteiger partial charge in [0.05, 0.1) is 11.1 Å². The van der Waals surface area contributed by atoms with Crippen LogP contribution < -0.4 is 5.73 Å². The predicted molar refractivity (Wildman–Crippen MR) is 57.5 cm³/mol. The molecule has 0 unspecified atom stereocenters. The summed E-state index contributed by atoms with van der Waals surface area (Å²) in [5, 5.41) is 10.3. The third kappa shape index (κ3) is 2.58. The zero-order valence-electron chi connectivity index (χ0n) is 7.74. The van der Waals surface area contributed by atoms with Gasteiger partial charge in [0.25, 0.3) is 0 Å². The first-order valence-electron chi connectivity index (χ1n) is 4.30. The molecule has 5 heteroatoms. The van der Waals surface area contributed by atoms with E-state index < -0.39 is 6.10 Å². The maximum absolute atomic E-state index is 9.74. The van der Waals surface area contributed by atoms with Crippen molar-refractivity contribution in [3.8, 4) is 0 Å². The molecule has 2 atom stereocenters. The van der Waals surface area contributed by atoms with Gasteiger partial charge < -0.3 is 10.8 Å². The molecule has 1 rings (SSSR count). The van der Waals surface area contributed by atoms with E-state index in [2.05, 4.69) is 4.98 Å². The normalized spacial score (nSPS) is 15.2. The van der Waals surface area contributed by atoms with Gasteiger partial charge >= 0.3 is 0 Å². The lowest BCUT2D eigenvalue weighted by Crippen LogP contribution is -2.27. The van der Waals surface area contributed by atoms with E-state index in [1.54, 1.807) is 6.07 Å². The fourth-order valence-electron chi connectivity index (χ4n) is 1.07. The van der Waals surface area contributed by atoms with Crippen molar-refractivity contribution in [1.29, 1.82) is 0 Å². The maximum atomic E-state index is 9.74. The summed E-state index contributed by atoms with van der Waals surface area (Å²) >= 11 is 11.4. The molecular weight excluding hydrogens is 223 g/mol. The number of aromatic nitrogens is 1. The van der Waals surface area contributed by atoms with Crippen LogP contribution in [-0.2, 0) is 0 Å². The van der Waals surface area contributed by atoms with Gasteiger partial charge in [-0.05, 0) is 12.5 Å². The van der Waals surface area contributed by atoms with E-state index in [1.165, 1.54) is 6.20 Å². The predicted octanol–water partition coefficient (Wildman–Crippen LogP) is 2.16. The van der Waals surface area contributed by atoms with E-state index in [4.69, 9.17) is 28.9 Å². The first-order chi connectivity index (χ1) is 6.56. The Kier molecular flexibility index (Phi) is 4.13. The summed E-state index contributed by atoms with van der Waals surface area (Å²) < 4.78 is 0. The number of aliphatic hydroxyl groups excluding tert-OH is 1. The second-order valence-corrected chi connectivity index (χ2v) is 3.82. The van der Waals surface area contributed by atoms with Crippen molar-refractivity contribution in [1.82, 2.24) is 4.98 Å². The van der Waals surface area contributed by atoms with Crippen molar-refractivity contribution >= 4 is 23.2 Å². The van der Waals surface area contributed by atoms with Crippen LogP contribution in [0.15, 0.2) is 12.3 Å². The smallest absolute Gasteiger partial charge is 0.147 e. The Bertz CT molecular complexity index is 320. The minimum absolute atomic E-state index is 0.229. The van der Waals surface area contributed by atoms with Gasteiger partial charge in [-0.25, -0.2) is 4.98 Å². The van der Waals surface area contributed by atoms with Crippen LogP contribution in [0.25, 0.3) is 0 Å². The molecule has 0 saturated heterocycles. The van der Waals surface area contributed by atoms with Crippen LogP contribution in [0.2, 0.25) is 10.2 Å². The van der Waals surface area contributed by atoms with Crippen molar-refractivity contribution in [2.45, 2.75) is 25.5 Å². The van der Waals surface area contributed by atoms with Crippen molar-refractivity contribution in [2.24, 2.45) is 5.73 Å². The Morgan fingerprint density at radius 2 is 2.21 bits per heavy atom. The summed E-state index contributed by atoms with van der Waals surface area (Å²) in [6.45, 7) is 1.90. The molecule has 0 aliphatic rings. The summed E-state index contributed by atoms with van der Waals surface area (Å²) in [6.07, 6.45) is 1.41. The number of hydrogen-bond donors (Lipinski definition) is 2. The molecule has 0 aliphatic heterocycles. The van der Waals surface area contributed by atoms with Crippen molar-refractivity contribution in [2.75, 3.05) is 0 Å². The molecule has 14 heavy (non-hydrogen) atoms. The van der Waals surface area contributed by atoms with Gasteiger partial charge in [0.1, 0.15) is 5.15 Å². The molecule has 1 aromatic heterocycles. The zero-order chi connectivity index (χ0) is 10.7. The van der Waals surface area contributed by atoms with Crippen LogP contribution in [0.5, 0.6) is 0 Å². The Hall–Kier alpha value is -0.350. The van der Waals surface area contributed by atoms with Crippen LogP contribution in [-0.4, -0.2) is 16.1 Å². The largest absolute Gasteiger partial charge is 0.387 e. The average molecular weight is 235 g/mol. The van der Waals surface area contributed by atoms with E-state index in [0.29, 0.717) is 17.0 Å². The third-order valence-corrected chi connectivity index (χ3v) is 2.72. The summed E-state index contributed by atoms with van der Waals surface area (Å²) in [7, 11) is 0. The number of aliphatic hydroxyl groups is 1. The molecule has 1 heterocycles. The Labute approximate surface area is 92.9 Å².